The van der Waals surface area contributed by atoms with E-state index in [4.69, 9.17) is 11.2 Å². The van der Waals surface area contributed by atoms with Crippen molar-refractivity contribution in [2.24, 2.45) is 0 Å². The van der Waals surface area contributed by atoms with E-state index < -0.39 is 0 Å². The quantitative estimate of drug-likeness (QED) is 0.422. The first-order chi connectivity index (χ1) is 4.74. The predicted octanol–water partition coefficient (Wildman–Crippen LogP) is -0.523. The van der Waals surface area contributed by atoms with Gasteiger partial charge in [-0.05, 0) is 0 Å². The van der Waals surface area contributed by atoms with Crippen LogP contribution in [0.25, 0.3) is 0 Å². The summed E-state index contributed by atoms with van der Waals surface area (Å²) in [5.74, 6) is 2.43. The van der Waals surface area contributed by atoms with Gasteiger partial charge >= 0.3 is 0 Å². The molecule has 0 aromatic rings. The van der Waals surface area contributed by atoms with Crippen LogP contribution in [0.15, 0.2) is 0 Å². The molecule has 1 heterocycles. The molecule has 0 spiro atoms. The second kappa shape index (κ2) is 2.72. The average molecular weight is 139 g/mol. The van der Waals surface area contributed by atoms with Crippen LogP contribution >= 0.6 is 0 Å². The zero-order valence-corrected chi connectivity index (χ0v) is 5.83. The maximum atomic E-state index is 10.8. The minimum Gasteiger partial charge on any atom is -0.354 e. The Labute approximate surface area is 60.0 Å². The highest BCUT2D eigenvalue weighted by Crippen LogP contribution is 2.01. The van der Waals surface area contributed by atoms with E-state index in [1.807, 2.05) is 0 Å². The summed E-state index contributed by atoms with van der Waals surface area (Å²) in [5.41, 5.74) is 0. The van der Waals surface area contributed by atoms with E-state index in [0.717, 1.165) is 0 Å². The molecule has 0 unspecified atom stereocenters. The second-order valence-electron chi connectivity index (χ2n) is 2.24. The molecule has 0 radical (unpaired) electrons. The van der Waals surface area contributed by atoms with Crippen LogP contribution in [0.1, 0.15) is 0 Å². The maximum Gasteiger partial charge on any atom is 0.248 e. The molecule has 0 bridgehead atoms. The number of rotatable bonds is 0. The van der Waals surface area contributed by atoms with E-state index in [2.05, 4.69) is 5.92 Å². The average Bonchev–Trinajstić information content (AvgIpc) is 1.95. The summed E-state index contributed by atoms with van der Waals surface area (Å²) in [6.07, 6.45) is 4.88. The zero-order valence-electron chi connectivity index (χ0n) is 5.83. The summed E-state index contributed by atoms with van der Waals surface area (Å²) in [6, 6.07) is 0. The molecule has 1 aliphatic heterocycles. The van der Waals surface area contributed by atoms with Crippen molar-refractivity contribution in [2.45, 2.75) is 6.10 Å². The Morgan fingerprint density at radius 2 is 2.60 bits per heavy atom. The number of carbonyl (C=O) groups is 1. The summed E-state index contributed by atoms with van der Waals surface area (Å²) in [7, 11) is 1.72. The van der Waals surface area contributed by atoms with Crippen molar-refractivity contribution in [2.75, 3.05) is 20.2 Å². The number of morpholine rings is 1. The van der Waals surface area contributed by atoms with Gasteiger partial charge in [0.05, 0.1) is 6.54 Å². The number of nitrogens with zero attached hydrogens (tertiary/aromatic N) is 1. The molecule has 3 heteroatoms. The fraction of sp³-hybridized carbons (Fsp3) is 0.571. The van der Waals surface area contributed by atoms with Crippen molar-refractivity contribution in [1.82, 2.24) is 4.90 Å². The van der Waals surface area contributed by atoms with Crippen molar-refractivity contribution in [1.29, 1.82) is 0 Å². The molecule has 0 aromatic heterocycles. The Bertz CT molecular complexity index is 183. The first-order valence-electron chi connectivity index (χ1n) is 3.05. The molecule has 0 saturated carbocycles. The summed E-state index contributed by atoms with van der Waals surface area (Å²) >= 11 is 0. The molecule has 1 amide bonds. The van der Waals surface area contributed by atoms with Crippen molar-refractivity contribution in [3.8, 4) is 12.3 Å². The molecule has 1 fully saturated rings. The molecule has 1 saturated heterocycles. The molecular weight excluding hydrogens is 130 g/mol. The zero-order chi connectivity index (χ0) is 7.56. The molecule has 1 rings (SSSR count). The van der Waals surface area contributed by atoms with Gasteiger partial charge in [-0.1, -0.05) is 5.92 Å². The Morgan fingerprint density at radius 3 is 3.10 bits per heavy atom. The van der Waals surface area contributed by atoms with Crippen LogP contribution in [0.4, 0.5) is 0 Å². The fourth-order valence-electron chi connectivity index (χ4n) is 0.786. The van der Waals surface area contributed by atoms with Gasteiger partial charge in [0, 0.05) is 7.05 Å². The van der Waals surface area contributed by atoms with Gasteiger partial charge in [-0.15, -0.1) is 6.42 Å². The van der Waals surface area contributed by atoms with Gasteiger partial charge in [-0.2, -0.15) is 0 Å². The lowest BCUT2D eigenvalue weighted by atomic mass is 10.3. The van der Waals surface area contributed by atoms with Crippen LogP contribution in [0, 0.1) is 12.3 Å². The number of carbonyl (C=O) groups excluding carboxylic acids is 1. The van der Waals surface area contributed by atoms with Gasteiger partial charge < -0.3 is 9.64 Å². The Morgan fingerprint density at radius 1 is 1.90 bits per heavy atom. The van der Waals surface area contributed by atoms with E-state index in [9.17, 15) is 4.79 Å². The van der Waals surface area contributed by atoms with Gasteiger partial charge in [0.1, 0.15) is 12.7 Å². The Balaban J connectivity index is 2.50. The van der Waals surface area contributed by atoms with E-state index in [0.29, 0.717) is 6.54 Å². The van der Waals surface area contributed by atoms with Crippen molar-refractivity contribution >= 4 is 5.91 Å². The monoisotopic (exact) mass is 139 g/mol. The molecule has 0 aromatic carbocycles. The summed E-state index contributed by atoms with van der Waals surface area (Å²) in [4.78, 5) is 12.4. The Hall–Kier alpha value is -1.01. The first kappa shape index (κ1) is 7.10. The molecule has 1 aliphatic rings. The third kappa shape index (κ3) is 1.28. The van der Waals surface area contributed by atoms with Crippen LogP contribution in [-0.2, 0) is 9.53 Å². The molecule has 1 atom stereocenters. The lowest BCUT2D eigenvalue weighted by Gasteiger charge is -2.26. The number of hydrogen-bond acceptors (Lipinski definition) is 2. The molecular formula is C7H9NO2. The SMILES string of the molecule is C#C[C@@H]1CN(C)C(=O)CO1. The fourth-order valence-corrected chi connectivity index (χ4v) is 0.786. The minimum absolute atomic E-state index is 0.00787. The normalized spacial score (nSPS) is 26.2. The van der Waals surface area contributed by atoms with E-state index >= 15 is 0 Å². The van der Waals surface area contributed by atoms with Crippen molar-refractivity contribution < 1.29 is 9.53 Å². The first-order valence-corrected chi connectivity index (χ1v) is 3.05. The second-order valence-corrected chi connectivity index (χ2v) is 2.24. The molecule has 54 valence electrons. The summed E-state index contributed by atoms with van der Waals surface area (Å²) < 4.78 is 4.98. The van der Waals surface area contributed by atoms with Gasteiger partial charge in [-0.25, -0.2) is 0 Å². The number of amides is 1. The van der Waals surface area contributed by atoms with Gasteiger partial charge in [-0.3, -0.25) is 4.79 Å². The predicted molar refractivity (Wildman–Crippen MR) is 36.2 cm³/mol. The molecule has 10 heavy (non-hydrogen) atoms. The van der Waals surface area contributed by atoms with Crippen LogP contribution in [0.3, 0.4) is 0 Å². The van der Waals surface area contributed by atoms with Crippen LogP contribution in [0.2, 0.25) is 0 Å². The largest absolute Gasteiger partial charge is 0.354 e. The lowest BCUT2D eigenvalue weighted by Crippen LogP contribution is -2.43. The third-order valence-corrected chi connectivity index (χ3v) is 1.46. The van der Waals surface area contributed by atoms with Crippen molar-refractivity contribution in [3.05, 3.63) is 0 Å². The minimum atomic E-state index is -0.220. The van der Waals surface area contributed by atoms with Crippen LogP contribution < -0.4 is 0 Å². The number of terminal acetylenes is 1. The standard InChI is InChI=1S/C7H9NO2/c1-3-6-4-8(2)7(9)5-10-6/h1,6H,4-5H2,2H3/t6-/m1/s1. The van der Waals surface area contributed by atoms with Crippen LogP contribution in [0.5, 0.6) is 0 Å². The van der Waals surface area contributed by atoms with Gasteiger partial charge in [0.2, 0.25) is 5.91 Å². The summed E-state index contributed by atoms with van der Waals surface area (Å²) in [5, 5.41) is 0. The third-order valence-electron chi connectivity index (χ3n) is 1.46. The molecule has 3 nitrogen and oxygen atoms in total. The topological polar surface area (TPSA) is 29.5 Å². The number of likely N-dealkylation sites (N-methyl/N-ethyl adjacent to an activating group) is 1. The maximum absolute atomic E-state index is 10.8. The highest BCUT2D eigenvalue weighted by atomic mass is 16.5. The van der Waals surface area contributed by atoms with E-state index in [1.54, 1.807) is 11.9 Å². The number of hydrogen-bond donors (Lipinski definition) is 0. The highest BCUT2D eigenvalue weighted by molar-refractivity contribution is 5.77. The van der Waals surface area contributed by atoms with Crippen molar-refractivity contribution in [3.63, 3.8) is 0 Å². The van der Waals surface area contributed by atoms with E-state index in [-0.39, 0.29) is 18.6 Å². The number of ether oxygens (including phenoxy) is 1. The highest BCUT2D eigenvalue weighted by Gasteiger charge is 2.20. The van der Waals surface area contributed by atoms with E-state index in [1.165, 1.54) is 0 Å². The van der Waals surface area contributed by atoms with Gasteiger partial charge in [0.25, 0.3) is 0 Å². The molecule has 0 N–H and O–H groups in total. The van der Waals surface area contributed by atoms with Gasteiger partial charge in [0.15, 0.2) is 0 Å². The Kier molecular flexibility index (Phi) is 1.93. The smallest absolute Gasteiger partial charge is 0.248 e. The van der Waals surface area contributed by atoms with Crippen LogP contribution in [-0.4, -0.2) is 37.1 Å². The summed E-state index contributed by atoms with van der Waals surface area (Å²) in [6.45, 7) is 0.626. The molecule has 0 aliphatic carbocycles. The lowest BCUT2D eigenvalue weighted by molar-refractivity contribution is -0.143.